The predicted molar refractivity (Wildman–Crippen MR) is 44.2 cm³/mol. The molecular formula is C8H16N2O. The maximum atomic E-state index is 8.47. The zero-order chi connectivity index (χ0) is 8.69. The molecule has 0 radical (unpaired) electrons. The normalized spacial score (nSPS) is 15.5. The van der Waals surface area contributed by atoms with Crippen molar-refractivity contribution in [3.05, 3.63) is 0 Å². The fourth-order valence-electron chi connectivity index (χ4n) is 0.842. The molecule has 2 atom stereocenters. The van der Waals surface area contributed by atoms with E-state index in [-0.39, 0.29) is 6.04 Å². The van der Waals surface area contributed by atoms with Crippen LogP contribution in [0, 0.1) is 11.3 Å². The molecule has 0 heterocycles. The van der Waals surface area contributed by atoms with Gasteiger partial charge in [-0.1, -0.05) is 0 Å². The van der Waals surface area contributed by atoms with Gasteiger partial charge in [-0.15, -0.1) is 0 Å². The van der Waals surface area contributed by atoms with Gasteiger partial charge in [0.15, 0.2) is 0 Å². The van der Waals surface area contributed by atoms with Crippen LogP contribution >= 0.6 is 0 Å². The molecule has 2 unspecified atom stereocenters. The third-order valence-electron chi connectivity index (χ3n) is 1.48. The van der Waals surface area contributed by atoms with E-state index in [0.29, 0.717) is 6.04 Å². The van der Waals surface area contributed by atoms with Gasteiger partial charge in [0.25, 0.3) is 0 Å². The number of nitriles is 1. The minimum absolute atomic E-state index is 0.0677. The molecule has 0 aliphatic rings. The fraction of sp³-hybridized carbons (Fsp3) is 0.875. The molecule has 0 amide bonds. The Kier molecular flexibility index (Phi) is 5.81. The van der Waals surface area contributed by atoms with Gasteiger partial charge in [-0.25, -0.2) is 0 Å². The first kappa shape index (κ1) is 10.4. The van der Waals surface area contributed by atoms with E-state index in [4.69, 9.17) is 10.00 Å². The van der Waals surface area contributed by atoms with E-state index in [1.807, 2.05) is 13.8 Å². The zero-order valence-corrected chi connectivity index (χ0v) is 7.42. The Balaban J connectivity index is 3.37. The highest BCUT2D eigenvalue weighted by atomic mass is 16.5. The van der Waals surface area contributed by atoms with Crippen LogP contribution in [-0.2, 0) is 4.74 Å². The molecule has 0 fully saturated rings. The molecule has 0 aromatic heterocycles. The molecule has 0 aromatic carbocycles. The van der Waals surface area contributed by atoms with E-state index in [1.54, 1.807) is 7.11 Å². The maximum Gasteiger partial charge on any atom is 0.0926 e. The van der Waals surface area contributed by atoms with Gasteiger partial charge >= 0.3 is 0 Å². The van der Waals surface area contributed by atoms with Gasteiger partial charge in [-0.2, -0.15) is 5.26 Å². The summed E-state index contributed by atoms with van der Waals surface area (Å²) in [6, 6.07) is 2.40. The van der Waals surface area contributed by atoms with Crippen LogP contribution in [0.5, 0.6) is 0 Å². The van der Waals surface area contributed by atoms with Crippen LogP contribution in [0.2, 0.25) is 0 Å². The van der Waals surface area contributed by atoms with Gasteiger partial charge in [0.2, 0.25) is 0 Å². The van der Waals surface area contributed by atoms with Crippen molar-refractivity contribution in [2.45, 2.75) is 32.4 Å². The third-order valence-corrected chi connectivity index (χ3v) is 1.48. The van der Waals surface area contributed by atoms with Crippen molar-refractivity contribution >= 4 is 0 Å². The van der Waals surface area contributed by atoms with Gasteiger partial charge < -0.3 is 4.74 Å². The summed E-state index contributed by atoms with van der Waals surface area (Å²) in [5, 5.41) is 11.6. The molecular weight excluding hydrogens is 140 g/mol. The van der Waals surface area contributed by atoms with Gasteiger partial charge in [0.05, 0.1) is 12.1 Å². The van der Waals surface area contributed by atoms with Crippen LogP contribution in [0.3, 0.4) is 0 Å². The Morgan fingerprint density at radius 2 is 2.18 bits per heavy atom. The zero-order valence-electron chi connectivity index (χ0n) is 7.42. The summed E-state index contributed by atoms with van der Waals surface area (Å²) >= 11 is 0. The quantitative estimate of drug-likeness (QED) is 0.643. The topological polar surface area (TPSA) is 45.0 Å². The van der Waals surface area contributed by atoms with Gasteiger partial charge in [-0.3, -0.25) is 5.32 Å². The van der Waals surface area contributed by atoms with E-state index < -0.39 is 0 Å². The molecule has 3 nitrogen and oxygen atoms in total. The Labute approximate surface area is 68.3 Å². The molecule has 3 heteroatoms. The Morgan fingerprint density at radius 1 is 1.55 bits per heavy atom. The van der Waals surface area contributed by atoms with E-state index in [1.165, 1.54) is 0 Å². The summed E-state index contributed by atoms with van der Waals surface area (Å²) in [5.41, 5.74) is 0. The number of hydrogen-bond acceptors (Lipinski definition) is 3. The molecule has 0 saturated carbocycles. The summed E-state index contributed by atoms with van der Waals surface area (Å²) in [6.45, 7) is 4.64. The van der Waals surface area contributed by atoms with Crippen molar-refractivity contribution in [1.82, 2.24) is 5.32 Å². The highest BCUT2D eigenvalue weighted by molar-refractivity contribution is 4.86. The molecule has 0 spiro atoms. The van der Waals surface area contributed by atoms with E-state index in [2.05, 4.69) is 11.4 Å². The van der Waals surface area contributed by atoms with Crippen molar-refractivity contribution in [1.29, 1.82) is 5.26 Å². The van der Waals surface area contributed by atoms with Gasteiger partial charge in [0, 0.05) is 19.8 Å². The number of nitrogens with zero attached hydrogens (tertiary/aromatic N) is 1. The van der Waals surface area contributed by atoms with Crippen LogP contribution in [0.1, 0.15) is 20.3 Å². The average molecular weight is 156 g/mol. The lowest BCUT2D eigenvalue weighted by Gasteiger charge is -2.14. The Bertz CT molecular complexity index is 131. The molecule has 0 saturated heterocycles. The van der Waals surface area contributed by atoms with Crippen molar-refractivity contribution in [2.24, 2.45) is 0 Å². The summed E-state index contributed by atoms with van der Waals surface area (Å²) in [5.74, 6) is 0. The van der Waals surface area contributed by atoms with Crippen LogP contribution in [0.4, 0.5) is 0 Å². The number of rotatable bonds is 5. The van der Waals surface area contributed by atoms with Crippen LogP contribution in [0.25, 0.3) is 0 Å². The van der Waals surface area contributed by atoms with E-state index in [0.717, 1.165) is 13.0 Å². The first-order chi connectivity index (χ1) is 5.20. The molecule has 0 rings (SSSR count). The highest BCUT2D eigenvalue weighted by Gasteiger charge is 2.04. The lowest BCUT2D eigenvalue weighted by molar-refractivity contribution is 0.184. The fourth-order valence-corrected chi connectivity index (χ4v) is 0.842. The molecule has 11 heavy (non-hydrogen) atoms. The lowest BCUT2D eigenvalue weighted by atomic mass is 10.2. The van der Waals surface area contributed by atoms with Crippen molar-refractivity contribution in [3.63, 3.8) is 0 Å². The van der Waals surface area contributed by atoms with Crippen LogP contribution in [0.15, 0.2) is 0 Å². The van der Waals surface area contributed by atoms with Crippen molar-refractivity contribution in [3.8, 4) is 6.07 Å². The molecule has 0 aliphatic heterocycles. The monoisotopic (exact) mass is 156 g/mol. The molecule has 1 N–H and O–H groups in total. The second kappa shape index (κ2) is 6.14. The van der Waals surface area contributed by atoms with E-state index in [9.17, 15) is 0 Å². The summed E-state index contributed by atoms with van der Waals surface area (Å²) in [6.07, 6.45) is 0.947. The highest BCUT2D eigenvalue weighted by Crippen LogP contribution is 1.92. The first-order valence-electron chi connectivity index (χ1n) is 3.85. The second-order valence-corrected chi connectivity index (χ2v) is 2.70. The lowest BCUT2D eigenvalue weighted by Crippen LogP contribution is -2.34. The number of hydrogen-bond donors (Lipinski definition) is 1. The summed E-state index contributed by atoms with van der Waals surface area (Å²) in [4.78, 5) is 0. The minimum Gasteiger partial charge on any atom is -0.385 e. The second-order valence-electron chi connectivity index (χ2n) is 2.70. The van der Waals surface area contributed by atoms with Crippen molar-refractivity contribution < 1.29 is 4.74 Å². The summed E-state index contributed by atoms with van der Waals surface area (Å²) < 4.78 is 4.90. The van der Waals surface area contributed by atoms with E-state index >= 15 is 0 Å². The molecule has 0 aromatic rings. The Morgan fingerprint density at radius 3 is 2.64 bits per heavy atom. The average Bonchev–Trinajstić information content (AvgIpc) is 2.00. The maximum absolute atomic E-state index is 8.47. The first-order valence-corrected chi connectivity index (χ1v) is 3.85. The number of methoxy groups -OCH3 is 1. The molecule has 0 bridgehead atoms. The summed E-state index contributed by atoms with van der Waals surface area (Å²) in [7, 11) is 1.68. The standard InChI is InChI=1S/C8H16N2O/c1-7(4-5-11-3)10-8(2)6-9/h7-8,10H,4-5H2,1-3H3. The molecule has 0 aliphatic carbocycles. The number of nitrogens with one attached hydrogen (secondary N) is 1. The predicted octanol–water partition coefficient (Wildman–Crippen LogP) is 0.913. The van der Waals surface area contributed by atoms with Crippen LogP contribution in [-0.4, -0.2) is 25.8 Å². The van der Waals surface area contributed by atoms with Crippen LogP contribution < -0.4 is 5.32 Å². The SMILES string of the molecule is COCCC(C)NC(C)C#N. The molecule has 64 valence electrons. The third kappa shape index (κ3) is 5.84. The number of ether oxygens (including phenoxy) is 1. The smallest absolute Gasteiger partial charge is 0.0926 e. The Hall–Kier alpha value is -0.590. The minimum atomic E-state index is -0.0677. The van der Waals surface area contributed by atoms with Gasteiger partial charge in [-0.05, 0) is 20.3 Å². The van der Waals surface area contributed by atoms with Gasteiger partial charge in [0.1, 0.15) is 0 Å². The van der Waals surface area contributed by atoms with Crippen molar-refractivity contribution in [2.75, 3.05) is 13.7 Å². The largest absolute Gasteiger partial charge is 0.385 e.